The maximum atomic E-state index is 14.7. The topological polar surface area (TPSA) is 0 Å². The molecule has 0 heterocycles. The highest BCUT2D eigenvalue weighted by atomic mass is 19.2. The van der Waals surface area contributed by atoms with Crippen LogP contribution in [0.1, 0.15) is 89.2 Å². The molecule has 2 unspecified atom stereocenters. The molecule has 0 aliphatic heterocycles. The summed E-state index contributed by atoms with van der Waals surface area (Å²) < 4.78 is 29.4. The molecule has 1 aromatic rings. The Morgan fingerprint density at radius 1 is 0.935 bits per heavy atom. The third kappa shape index (κ3) is 6.76. The number of rotatable bonds is 9. The highest BCUT2D eigenvalue weighted by Gasteiger charge is 2.19. The predicted molar refractivity (Wildman–Crippen MR) is 129 cm³/mol. The molecule has 0 N–H and O–H groups in total. The molecule has 2 heteroatoms. The van der Waals surface area contributed by atoms with E-state index < -0.39 is 11.6 Å². The summed E-state index contributed by atoms with van der Waals surface area (Å²) in [5.74, 6) is -0.0480. The molecular formula is C29H38F2. The lowest BCUT2D eigenvalue weighted by Gasteiger charge is -2.21. The number of benzene rings is 1. The molecule has 168 valence electrons. The summed E-state index contributed by atoms with van der Waals surface area (Å²) in [5.41, 5.74) is 3.51. The van der Waals surface area contributed by atoms with Gasteiger partial charge < -0.3 is 0 Å². The lowest BCUT2D eigenvalue weighted by Crippen LogP contribution is -2.06. The first-order valence-corrected chi connectivity index (χ1v) is 12.2. The van der Waals surface area contributed by atoms with Crippen molar-refractivity contribution in [3.05, 3.63) is 76.9 Å². The summed E-state index contributed by atoms with van der Waals surface area (Å²) in [6.07, 6.45) is 24.5. The van der Waals surface area contributed by atoms with Gasteiger partial charge in [-0.1, -0.05) is 67.5 Å². The van der Waals surface area contributed by atoms with Crippen molar-refractivity contribution in [3.63, 3.8) is 0 Å². The molecule has 0 nitrogen and oxygen atoms in total. The molecule has 0 aromatic heterocycles. The van der Waals surface area contributed by atoms with Crippen LogP contribution in [-0.2, 0) is 6.42 Å². The standard InChI is InChI=1S/C29H38F2/c1-3-5-6-9-23-12-14-24(15-13-23)10-7-8-11-26-20-21-27(29(31)28(26)30)25-18-16-22(4-2)17-19-25/h3,5,7,10,12,18,20-22,24H,4,6,8-9,11,13-17,19H2,1-2H3/b5-3+,10-7+. The molecule has 3 rings (SSSR count). The van der Waals surface area contributed by atoms with Gasteiger partial charge in [0.15, 0.2) is 11.6 Å². The van der Waals surface area contributed by atoms with Crippen LogP contribution in [0.15, 0.2) is 54.2 Å². The Balaban J connectivity index is 1.50. The van der Waals surface area contributed by atoms with Crippen LogP contribution in [0, 0.1) is 23.5 Å². The first-order valence-electron chi connectivity index (χ1n) is 12.2. The molecule has 0 fully saturated rings. The average molecular weight is 425 g/mol. The Bertz CT molecular complexity index is 841. The SMILES string of the molecule is C/C=C/CCC1=CCC(/C=C/CCc2ccc(C3=CCC(CC)CC3)c(F)c2F)CC1. The number of hydrogen-bond acceptors (Lipinski definition) is 0. The van der Waals surface area contributed by atoms with E-state index in [0.29, 0.717) is 29.4 Å². The highest BCUT2D eigenvalue weighted by Crippen LogP contribution is 2.34. The monoisotopic (exact) mass is 424 g/mol. The van der Waals surface area contributed by atoms with Crippen LogP contribution in [0.4, 0.5) is 8.78 Å². The van der Waals surface area contributed by atoms with E-state index in [2.05, 4.69) is 50.3 Å². The van der Waals surface area contributed by atoms with Crippen molar-refractivity contribution in [1.82, 2.24) is 0 Å². The quantitative estimate of drug-likeness (QED) is 0.347. The van der Waals surface area contributed by atoms with E-state index in [9.17, 15) is 8.78 Å². The van der Waals surface area contributed by atoms with Gasteiger partial charge in [-0.15, -0.1) is 0 Å². The molecule has 2 aliphatic carbocycles. The third-order valence-corrected chi connectivity index (χ3v) is 7.01. The van der Waals surface area contributed by atoms with E-state index in [1.807, 2.05) is 0 Å². The van der Waals surface area contributed by atoms with E-state index in [1.165, 1.54) is 19.3 Å². The molecule has 0 bridgehead atoms. The predicted octanol–water partition coefficient (Wildman–Crippen LogP) is 9.13. The summed E-state index contributed by atoms with van der Waals surface area (Å²) in [6, 6.07) is 3.57. The van der Waals surface area contributed by atoms with Gasteiger partial charge in [-0.05, 0) is 94.1 Å². The number of halogens is 2. The summed E-state index contributed by atoms with van der Waals surface area (Å²) >= 11 is 0. The molecule has 0 amide bonds. The minimum Gasteiger partial charge on any atom is -0.203 e. The second-order valence-electron chi connectivity index (χ2n) is 9.15. The normalized spacial score (nSPS) is 22.2. The first-order chi connectivity index (χ1) is 15.1. The Morgan fingerprint density at radius 2 is 1.77 bits per heavy atom. The van der Waals surface area contributed by atoms with Crippen molar-refractivity contribution in [1.29, 1.82) is 0 Å². The molecular weight excluding hydrogens is 386 g/mol. The fourth-order valence-electron chi connectivity index (χ4n) is 4.81. The van der Waals surface area contributed by atoms with Gasteiger partial charge in [-0.25, -0.2) is 8.78 Å². The molecule has 1 aromatic carbocycles. The molecule has 31 heavy (non-hydrogen) atoms. The van der Waals surface area contributed by atoms with Crippen LogP contribution in [0.5, 0.6) is 0 Å². The zero-order valence-corrected chi connectivity index (χ0v) is 19.3. The number of aryl methyl sites for hydroxylation is 1. The smallest absolute Gasteiger partial charge is 0.166 e. The van der Waals surface area contributed by atoms with Crippen LogP contribution in [0.3, 0.4) is 0 Å². The van der Waals surface area contributed by atoms with Crippen LogP contribution in [0.25, 0.3) is 5.57 Å². The van der Waals surface area contributed by atoms with Crippen LogP contribution in [0.2, 0.25) is 0 Å². The lowest BCUT2D eigenvalue weighted by atomic mass is 9.85. The molecule has 0 spiro atoms. The van der Waals surface area contributed by atoms with Crippen LogP contribution < -0.4 is 0 Å². The fraction of sp³-hybridized carbons (Fsp3) is 0.517. The Morgan fingerprint density at radius 3 is 2.45 bits per heavy atom. The Labute approximate surface area is 187 Å². The maximum absolute atomic E-state index is 14.7. The van der Waals surface area contributed by atoms with Gasteiger partial charge >= 0.3 is 0 Å². The number of hydrogen-bond donors (Lipinski definition) is 0. The summed E-state index contributed by atoms with van der Waals surface area (Å²) in [7, 11) is 0. The number of allylic oxidation sites excluding steroid dienone is 8. The van der Waals surface area contributed by atoms with Gasteiger partial charge in [-0.2, -0.15) is 0 Å². The zero-order valence-electron chi connectivity index (χ0n) is 19.3. The second-order valence-corrected chi connectivity index (χ2v) is 9.15. The van der Waals surface area contributed by atoms with Gasteiger partial charge in [-0.3, -0.25) is 0 Å². The minimum absolute atomic E-state index is 0.463. The summed E-state index contributed by atoms with van der Waals surface area (Å²) in [4.78, 5) is 0. The van der Waals surface area contributed by atoms with Gasteiger partial charge in [0.1, 0.15) is 0 Å². The summed E-state index contributed by atoms with van der Waals surface area (Å²) in [6.45, 7) is 4.27. The van der Waals surface area contributed by atoms with Crippen LogP contribution >= 0.6 is 0 Å². The molecule has 0 saturated carbocycles. The van der Waals surface area contributed by atoms with E-state index in [4.69, 9.17) is 0 Å². The lowest BCUT2D eigenvalue weighted by molar-refractivity contribution is 0.466. The molecule has 2 aliphatic rings. The van der Waals surface area contributed by atoms with E-state index >= 15 is 0 Å². The fourth-order valence-corrected chi connectivity index (χ4v) is 4.81. The minimum atomic E-state index is -0.662. The Kier molecular flexibility index (Phi) is 9.31. The maximum Gasteiger partial charge on any atom is 0.166 e. The van der Waals surface area contributed by atoms with E-state index in [1.54, 1.807) is 17.7 Å². The first kappa shape index (κ1) is 23.7. The second kappa shape index (κ2) is 12.2. The van der Waals surface area contributed by atoms with E-state index in [-0.39, 0.29) is 0 Å². The van der Waals surface area contributed by atoms with Crippen molar-refractivity contribution in [2.24, 2.45) is 11.8 Å². The third-order valence-electron chi connectivity index (χ3n) is 7.01. The zero-order chi connectivity index (χ0) is 22.1. The van der Waals surface area contributed by atoms with Gasteiger partial charge in [0, 0.05) is 5.56 Å². The summed E-state index contributed by atoms with van der Waals surface area (Å²) in [5, 5.41) is 0. The van der Waals surface area contributed by atoms with Crippen molar-refractivity contribution in [2.75, 3.05) is 0 Å². The highest BCUT2D eigenvalue weighted by molar-refractivity contribution is 5.67. The molecule has 0 radical (unpaired) electrons. The van der Waals surface area contributed by atoms with Crippen molar-refractivity contribution >= 4 is 5.57 Å². The van der Waals surface area contributed by atoms with Crippen molar-refractivity contribution in [2.45, 2.75) is 84.5 Å². The van der Waals surface area contributed by atoms with Crippen molar-refractivity contribution in [3.8, 4) is 0 Å². The van der Waals surface area contributed by atoms with E-state index in [0.717, 1.165) is 50.5 Å². The van der Waals surface area contributed by atoms with Gasteiger partial charge in [0.2, 0.25) is 0 Å². The van der Waals surface area contributed by atoms with Crippen LogP contribution in [-0.4, -0.2) is 0 Å². The Hall–Kier alpha value is -1.96. The van der Waals surface area contributed by atoms with Crippen molar-refractivity contribution < 1.29 is 8.78 Å². The van der Waals surface area contributed by atoms with Gasteiger partial charge in [0.05, 0.1) is 0 Å². The largest absolute Gasteiger partial charge is 0.203 e. The molecule has 0 saturated heterocycles. The van der Waals surface area contributed by atoms with Gasteiger partial charge in [0.25, 0.3) is 0 Å². The molecule has 2 atom stereocenters. The average Bonchev–Trinajstić information content (AvgIpc) is 2.80.